The fraction of sp³-hybridized carbons (Fsp3) is 0.676. The molecule has 4 rings (SSSR count). The number of halogens is 1. The Kier molecular flexibility index (Phi) is 11.6. The minimum absolute atomic E-state index is 0.0751. The van der Waals surface area contributed by atoms with Gasteiger partial charge in [0.05, 0.1) is 5.56 Å². The van der Waals surface area contributed by atoms with Crippen molar-refractivity contribution in [1.29, 1.82) is 0 Å². The van der Waals surface area contributed by atoms with Crippen LogP contribution in [0.5, 0.6) is 11.6 Å². The number of amides is 2. The molecule has 2 fully saturated rings. The largest absolute Gasteiger partial charge is 0.434 e. The normalized spacial score (nSPS) is 17.6. The number of benzene rings is 1. The summed E-state index contributed by atoms with van der Waals surface area (Å²) in [5.74, 6) is 0.307. The van der Waals surface area contributed by atoms with Crippen molar-refractivity contribution in [2.45, 2.75) is 85.9 Å². The van der Waals surface area contributed by atoms with Crippen molar-refractivity contribution in [2.24, 2.45) is 23.0 Å². The lowest BCUT2D eigenvalue weighted by atomic mass is 9.76. The molecular weight excluding hydrogens is 587 g/mol. The van der Waals surface area contributed by atoms with Crippen LogP contribution in [-0.4, -0.2) is 106 Å². The van der Waals surface area contributed by atoms with Gasteiger partial charge in [-0.05, 0) is 84.7 Å². The third kappa shape index (κ3) is 8.31. The van der Waals surface area contributed by atoms with Crippen LogP contribution in [0.4, 0.5) is 10.2 Å². The van der Waals surface area contributed by atoms with Gasteiger partial charge < -0.3 is 25.2 Å². The summed E-state index contributed by atoms with van der Waals surface area (Å²) in [6.45, 7) is 19.5. The van der Waals surface area contributed by atoms with Crippen LogP contribution < -0.4 is 15.4 Å². The number of anilines is 1. The molecule has 2 saturated heterocycles. The standard InChI is InChI=1S/C34H53FN8O3/c1-22(2)28(10-9-14-40(8)17-25(7)30(36)44)42-19-34(20-42)13-15-41(18-34)31-32(39-38-21-37-31)46-29-12-11-26(35)16-27(29)33(45)43(23(3)4)24(5)6/h11-12,16,21-25,28H,9-10,13-15,17-20H2,1-8H3,(H2,36,44)/t25-,28-/m1/s1. The monoisotopic (exact) mass is 640 g/mol. The average Bonchev–Trinajstić information content (AvgIpc) is 3.41. The number of likely N-dealkylation sites (tertiary alicyclic amines) is 1. The molecule has 1 aromatic carbocycles. The lowest BCUT2D eigenvalue weighted by Crippen LogP contribution is -2.62. The van der Waals surface area contributed by atoms with E-state index in [1.165, 1.54) is 24.5 Å². The number of carbonyl (C=O) groups excluding carboxylic acids is 2. The quantitative estimate of drug-likeness (QED) is 0.301. The number of carbonyl (C=O) groups is 2. The number of hydrogen-bond acceptors (Lipinski definition) is 9. The summed E-state index contributed by atoms with van der Waals surface area (Å²) >= 11 is 0. The van der Waals surface area contributed by atoms with E-state index in [1.54, 1.807) is 4.90 Å². The Labute approximate surface area is 273 Å². The Hall–Kier alpha value is -3.38. The van der Waals surface area contributed by atoms with Crippen molar-refractivity contribution in [3.63, 3.8) is 0 Å². The van der Waals surface area contributed by atoms with Crippen LogP contribution >= 0.6 is 0 Å². The maximum Gasteiger partial charge on any atom is 0.282 e. The van der Waals surface area contributed by atoms with E-state index in [0.717, 1.165) is 52.0 Å². The van der Waals surface area contributed by atoms with Gasteiger partial charge in [0.25, 0.3) is 11.8 Å². The molecule has 11 nitrogen and oxygen atoms in total. The van der Waals surface area contributed by atoms with E-state index >= 15 is 0 Å². The first kappa shape index (κ1) is 35.5. The maximum atomic E-state index is 14.4. The lowest BCUT2D eigenvalue weighted by Gasteiger charge is -2.53. The molecule has 0 saturated carbocycles. The first-order chi connectivity index (χ1) is 21.7. The lowest BCUT2D eigenvalue weighted by molar-refractivity contribution is -0.121. The molecule has 0 bridgehead atoms. The van der Waals surface area contributed by atoms with Gasteiger partial charge in [-0.15, -0.1) is 10.2 Å². The highest BCUT2D eigenvalue weighted by atomic mass is 19.1. The molecule has 3 heterocycles. The van der Waals surface area contributed by atoms with Gasteiger partial charge in [-0.2, -0.15) is 0 Å². The molecular formula is C34H53FN8O3. The predicted octanol–water partition coefficient (Wildman–Crippen LogP) is 4.43. The molecule has 0 aliphatic carbocycles. The van der Waals surface area contributed by atoms with E-state index in [9.17, 15) is 14.0 Å². The van der Waals surface area contributed by atoms with Gasteiger partial charge in [-0.1, -0.05) is 20.8 Å². The number of hydrogen-bond donors (Lipinski definition) is 1. The Morgan fingerprint density at radius 3 is 2.41 bits per heavy atom. The van der Waals surface area contributed by atoms with Gasteiger partial charge in [0.1, 0.15) is 17.9 Å². The average molecular weight is 641 g/mol. The summed E-state index contributed by atoms with van der Waals surface area (Å²) in [7, 11) is 2.05. The highest BCUT2D eigenvalue weighted by molar-refractivity contribution is 5.97. The summed E-state index contributed by atoms with van der Waals surface area (Å²) in [5.41, 5.74) is 5.74. The van der Waals surface area contributed by atoms with Gasteiger partial charge in [0, 0.05) is 62.2 Å². The van der Waals surface area contributed by atoms with Crippen LogP contribution in [0.25, 0.3) is 0 Å². The molecule has 2 aliphatic rings. The van der Waals surface area contributed by atoms with Crippen LogP contribution in [0.3, 0.4) is 0 Å². The summed E-state index contributed by atoms with van der Waals surface area (Å²) in [4.78, 5) is 38.2. The summed E-state index contributed by atoms with van der Waals surface area (Å²) in [6.07, 6.45) is 4.61. The number of rotatable bonds is 15. The van der Waals surface area contributed by atoms with Crippen LogP contribution in [0.2, 0.25) is 0 Å². The van der Waals surface area contributed by atoms with Gasteiger partial charge in [-0.3, -0.25) is 14.5 Å². The van der Waals surface area contributed by atoms with Crippen LogP contribution in [0, 0.1) is 23.1 Å². The number of nitrogens with two attached hydrogens (primary N) is 1. The van der Waals surface area contributed by atoms with E-state index in [2.05, 4.69) is 50.8 Å². The highest BCUT2D eigenvalue weighted by Gasteiger charge is 2.50. The van der Waals surface area contributed by atoms with E-state index < -0.39 is 5.82 Å². The molecule has 1 spiro atoms. The van der Waals surface area contributed by atoms with Crippen LogP contribution in [0.1, 0.15) is 78.1 Å². The second-order valence-electron chi connectivity index (χ2n) is 14.3. The zero-order valence-electron chi connectivity index (χ0n) is 28.9. The molecule has 2 aromatic rings. The molecule has 0 radical (unpaired) electrons. The van der Waals surface area contributed by atoms with Crippen molar-refractivity contribution >= 4 is 17.6 Å². The zero-order valence-corrected chi connectivity index (χ0v) is 28.9. The van der Waals surface area contributed by atoms with Gasteiger partial charge in [-0.25, -0.2) is 9.37 Å². The molecule has 1 aromatic heterocycles. The first-order valence-electron chi connectivity index (χ1n) is 16.7. The smallest absolute Gasteiger partial charge is 0.282 e. The molecule has 2 atom stereocenters. The maximum absolute atomic E-state index is 14.4. The van der Waals surface area contributed by atoms with E-state index in [4.69, 9.17) is 10.5 Å². The Bertz CT molecular complexity index is 1340. The molecule has 2 aliphatic heterocycles. The Morgan fingerprint density at radius 1 is 1.09 bits per heavy atom. The molecule has 0 unspecified atom stereocenters. The Balaban J connectivity index is 1.41. The molecule has 2 N–H and O–H groups in total. The third-order valence-corrected chi connectivity index (χ3v) is 9.46. The highest BCUT2D eigenvalue weighted by Crippen LogP contribution is 2.44. The second kappa shape index (κ2) is 15.0. The molecule has 2 amide bonds. The Morgan fingerprint density at radius 2 is 1.78 bits per heavy atom. The van der Waals surface area contributed by atoms with Crippen molar-refractivity contribution in [2.75, 3.05) is 51.2 Å². The molecule has 12 heteroatoms. The van der Waals surface area contributed by atoms with E-state index in [-0.39, 0.29) is 52.4 Å². The second-order valence-corrected chi connectivity index (χ2v) is 14.3. The number of aromatic nitrogens is 3. The molecule has 46 heavy (non-hydrogen) atoms. The minimum Gasteiger partial charge on any atom is -0.434 e. The van der Waals surface area contributed by atoms with E-state index in [1.807, 2.05) is 34.6 Å². The number of nitrogens with zero attached hydrogens (tertiary/aromatic N) is 7. The fourth-order valence-electron chi connectivity index (χ4n) is 7.19. The zero-order chi connectivity index (χ0) is 33.8. The molecule has 254 valence electrons. The van der Waals surface area contributed by atoms with Crippen molar-refractivity contribution in [3.05, 3.63) is 35.9 Å². The number of ether oxygens (including phenoxy) is 1. The fourth-order valence-corrected chi connectivity index (χ4v) is 7.19. The van der Waals surface area contributed by atoms with Crippen molar-refractivity contribution in [1.82, 2.24) is 29.9 Å². The van der Waals surface area contributed by atoms with Crippen LogP contribution in [-0.2, 0) is 4.79 Å². The third-order valence-electron chi connectivity index (χ3n) is 9.46. The summed E-state index contributed by atoms with van der Waals surface area (Å²) in [5, 5.41) is 8.22. The van der Waals surface area contributed by atoms with Gasteiger partial charge in [0.15, 0.2) is 5.82 Å². The predicted molar refractivity (Wildman–Crippen MR) is 177 cm³/mol. The van der Waals surface area contributed by atoms with Gasteiger partial charge >= 0.3 is 0 Å². The summed E-state index contributed by atoms with van der Waals surface area (Å²) < 4.78 is 20.6. The van der Waals surface area contributed by atoms with Crippen LogP contribution in [0.15, 0.2) is 24.5 Å². The van der Waals surface area contributed by atoms with Gasteiger partial charge in [0.2, 0.25) is 5.91 Å². The van der Waals surface area contributed by atoms with Crippen molar-refractivity contribution in [3.8, 4) is 11.6 Å². The van der Waals surface area contributed by atoms with Crippen molar-refractivity contribution < 1.29 is 18.7 Å². The first-order valence-corrected chi connectivity index (χ1v) is 16.7. The number of primary amides is 1. The summed E-state index contributed by atoms with van der Waals surface area (Å²) in [6, 6.07) is 4.31. The topological polar surface area (TPSA) is 121 Å². The SMILES string of the molecule is CC(C)[C@@H](CCCN(C)C[C@@H](C)C(N)=O)N1CC2(CCN(c3ncnnc3Oc3ccc(F)cc3C(=O)N(C(C)C)C(C)C)C2)C1. The van der Waals surface area contributed by atoms with E-state index in [0.29, 0.717) is 24.3 Å². The minimum atomic E-state index is -0.513.